The first-order valence-electron chi connectivity index (χ1n) is 6.53. The maximum absolute atomic E-state index is 11.9. The van der Waals surface area contributed by atoms with Gasteiger partial charge >= 0.3 is 5.97 Å². The fraction of sp³-hybridized carbons (Fsp3) is 0.846. The molecule has 0 aliphatic heterocycles. The van der Waals surface area contributed by atoms with Crippen LogP contribution in [0.25, 0.3) is 0 Å². The van der Waals surface area contributed by atoms with Crippen molar-refractivity contribution in [2.24, 2.45) is 5.92 Å². The van der Waals surface area contributed by atoms with Crippen LogP contribution in [0.4, 0.5) is 0 Å². The molecule has 4 nitrogen and oxygen atoms in total. The van der Waals surface area contributed by atoms with Crippen molar-refractivity contribution in [2.45, 2.75) is 45.4 Å². The van der Waals surface area contributed by atoms with Crippen LogP contribution in [0.3, 0.4) is 0 Å². The predicted octanol–water partition coefficient (Wildman–Crippen LogP) is 1.98. The van der Waals surface area contributed by atoms with E-state index in [1.54, 1.807) is 14.0 Å². The van der Waals surface area contributed by atoms with Crippen LogP contribution < -0.4 is 0 Å². The lowest BCUT2D eigenvalue weighted by atomic mass is 9.87. The number of rotatable bonds is 5. The summed E-state index contributed by atoms with van der Waals surface area (Å²) in [4.78, 5) is 24.6. The average Bonchev–Trinajstić information content (AvgIpc) is 2.30. The Morgan fingerprint density at radius 2 is 1.88 bits per heavy atom. The van der Waals surface area contributed by atoms with Gasteiger partial charge in [0.05, 0.1) is 6.61 Å². The van der Waals surface area contributed by atoms with Crippen LogP contribution in [0.2, 0.25) is 0 Å². The summed E-state index contributed by atoms with van der Waals surface area (Å²) < 4.78 is 4.82. The Labute approximate surface area is 103 Å². The SMILES string of the molecule is CCOC(=O)CN(C)C(=O)CC1CCCCC1. The molecular weight excluding hydrogens is 218 g/mol. The zero-order valence-corrected chi connectivity index (χ0v) is 10.9. The summed E-state index contributed by atoms with van der Waals surface area (Å²) in [6.07, 6.45) is 6.65. The molecule has 1 saturated carbocycles. The zero-order chi connectivity index (χ0) is 12.7. The molecule has 1 rings (SSSR count). The lowest BCUT2D eigenvalue weighted by molar-refractivity contribution is -0.148. The summed E-state index contributed by atoms with van der Waals surface area (Å²) in [5.74, 6) is 0.248. The quantitative estimate of drug-likeness (QED) is 0.691. The fourth-order valence-electron chi connectivity index (χ4n) is 2.28. The number of nitrogens with zero attached hydrogens (tertiary/aromatic N) is 1. The van der Waals surface area contributed by atoms with Gasteiger partial charge in [0.2, 0.25) is 5.91 Å². The van der Waals surface area contributed by atoms with Crippen molar-refractivity contribution in [3.8, 4) is 0 Å². The minimum atomic E-state index is -0.327. The Balaban J connectivity index is 2.28. The van der Waals surface area contributed by atoms with Crippen LogP contribution in [0.15, 0.2) is 0 Å². The van der Waals surface area contributed by atoms with Crippen molar-refractivity contribution in [1.29, 1.82) is 0 Å². The van der Waals surface area contributed by atoms with Gasteiger partial charge < -0.3 is 9.64 Å². The monoisotopic (exact) mass is 241 g/mol. The molecule has 0 bridgehead atoms. The van der Waals surface area contributed by atoms with E-state index < -0.39 is 0 Å². The molecule has 0 aromatic heterocycles. The molecule has 0 spiro atoms. The molecule has 0 unspecified atom stereocenters. The normalized spacial score (nSPS) is 16.6. The highest BCUT2D eigenvalue weighted by Gasteiger charge is 2.20. The van der Waals surface area contributed by atoms with E-state index in [9.17, 15) is 9.59 Å². The minimum absolute atomic E-state index is 0.0601. The molecule has 0 heterocycles. The van der Waals surface area contributed by atoms with Gasteiger partial charge in [0.15, 0.2) is 0 Å². The molecule has 0 aromatic carbocycles. The first-order valence-corrected chi connectivity index (χ1v) is 6.53. The van der Waals surface area contributed by atoms with Gasteiger partial charge in [0.1, 0.15) is 6.54 Å². The summed E-state index contributed by atoms with van der Waals surface area (Å²) in [7, 11) is 1.67. The molecule has 0 saturated heterocycles. The smallest absolute Gasteiger partial charge is 0.325 e. The second-order valence-electron chi connectivity index (χ2n) is 4.76. The van der Waals surface area contributed by atoms with E-state index in [1.165, 1.54) is 24.2 Å². The highest BCUT2D eigenvalue weighted by Crippen LogP contribution is 2.26. The van der Waals surface area contributed by atoms with Crippen molar-refractivity contribution in [3.63, 3.8) is 0 Å². The number of amides is 1. The maximum atomic E-state index is 11.9. The highest BCUT2D eigenvalue weighted by atomic mass is 16.5. The number of hydrogen-bond acceptors (Lipinski definition) is 3. The van der Waals surface area contributed by atoms with Gasteiger partial charge in [-0.25, -0.2) is 0 Å². The first-order chi connectivity index (χ1) is 8.13. The Morgan fingerprint density at radius 3 is 2.47 bits per heavy atom. The molecule has 1 amide bonds. The van der Waals surface area contributed by atoms with Crippen molar-refractivity contribution in [2.75, 3.05) is 20.2 Å². The predicted molar refractivity (Wildman–Crippen MR) is 65.5 cm³/mol. The standard InChI is InChI=1S/C13H23NO3/c1-3-17-13(16)10-14(2)12(15)9-11-7-5-4-6-8-11/h11H,3-10H2,1-2H3. The molecule has 0 atom stereocenters. The van der Waals surface area contributed by atoms with Crippen LogP contribution in [-0.4, -0.2) is 37.0 Å². The second-order valence-corrected chi connectivity index (χ2v) is 4.76. The minimum Gasteiger partial charge on any atom is -0.465 e. The van der Waals surface area contributed by atoms with Crippen molar-refractivity contribution in [3.05, 3.63) is 0 Å². The van der Waals surface area contributed by atoms with Crippen molar-refractivity contribution >= 4 is 11.9 Å². The van der Waals surface area contributed by atoms with Gasteiger partial charge in [-0.2, -0.15) is 0 Å². The molecule has 0 radical (unpaired) electrons. The van der Waals surface area contributed by atoms with E-state index in [-0.39, 0.29) is 18.4 Å². The molecule has 1 aliphatic rings. The van der Waals surface area contributed by atoms with Crippen LogP contribution in [0, 0.1) is 5.92 Å². The number of ether oxygens (including phenoxy) is 1. The van der Waals surface area contributed by atoms with E-state index >= 15 is 0 Å². The van der Waals surface area contributed by atoms with E-state index in [0.29, 0.717) is 18.9 Å². The van der Waals surface area contributed by atoms with Gasteiger partial charge in [0, 0.05) is 13.5 Å². The topological polar surface area (TPSA) is 46.6 Å². The van der Waals surface area contributed by atoms with Gasteiger partial charge in [-0.3, -0.25) is 9.59 Å². The number of likely N-dealkylation sites (N-methyl/N-ethyl adjacent to an activating group) is 1. The largest absolute Gasteiger partial charge is 0.465 e. The lowest BCUT2D eigenvalue weighted by Crippen LogP contribution is -2.34. The summed E-state index contributed by atoms with van der Waals surface area (Å²) >= 11 is 0. The van der Waals surface area contributed by atoms with E-state index in [0.717, 1.165) is 12.8 Å². The third-order valence-electron chi connectivity index (χ3n) is 3.29. The molecule has 17 heavy (non-hydrogen) atoms. The van der Waals surface area contributed by atoms with Crippen molar-refractivity contribution in [1.82, 2.24) is 4.90 Å². The molecule has 1 aliphatic carbocycles. The van der Waals surface area contributed by atoms with Crippen LogP contribution in [0.5, 0.6) is 0 Å². The third-order valence-corrected chi connectivity index (χ3v) is 3.29. The molecule has 1 fully saturated rings. The number of hydrogen-bond donors (Lipinski definition) is 0. The molecule has 0 aromatic rings. The maximum Gasteiger partial charge on any atom is 0.325 e. The molecule has 0 N–H and O–H groups in total. The summed E-state index contributed by atoms with van der Waals surface area (Å²) in [5.41, 5.74) is 0. The van der Waals surface area contributed by atoms with E-state index in [2.05, 4.69) is 0 Å². The lowest BCUT2D eigenvalue weighted by Gasteiger charge is -2.23. The third kappa shape index (κ3) is 5.20. The summed E-state index contributed by atoms with van der Waals surface area (Å²) in [5, 5.41) is 0. The molecule has 4 heteroatoms. The second kappa shape index (κ2) is 7.30. The first kappa shape index (κ1) is 14.0. The summed E-state index contributed by atoms with van der Waals surface area (Å²) in [6, 6.07) is 0. The molecular formula is C13H23NO3. The van der Waals surface area contributed by atoms with Gasteiger partial charge in [-0.05, 0) is 25.7 Å². The zero-order valence-electron chi connectivity index (χ0n) is 10.9. The number of carbonyl (C=O) groups is 2. The average molecular weight is 241 g/mol. The Bertz CT molecular complexity index is 259. The van der Waals surface area contributed by atoms with Crippen LogP contribution in [-0.2, 0) is 14.3 Å². The van der Waals surface area contributed by atoms with Gasteiger partial charge in [-0.15, -0.1) is 0 Å². The van der Waals surface area contributed by atoms with E-state index in [4.69, 9.17) is 4.74 Å². The van der Waals surface area contributed by atoms with Gasteiger partial charge in [0.25, 0.3) is 0 Å². The number of carbonyl (C=O) groups excluding carboxylic acids is 2. The van der Waals surface area contributed by atoms with Crippen LogP contribution in [0.1, 0.15) is 45.4 Å². The fourth-order valence-corrected chi connectivity index (χ4v) is 2.28. The Hall–Kier alpha value is -1.06. The Kier molecular flexibility index (Phi) is 6.01. The van der Waals surface area contributed by atoms with Gasteiger partial charge in [-0.1, -0.05) is 19.3 Å². The number of esters is 1. The highest BCUT2D eigenvalue weighted by molar-refractivity contribution is 5.81. The summed E-state index contributed by atoms with van der Waals surface area (Å²) in [6.45, 7) is 2.20. The Morgan fingerprint density at radius 1 is 1.24 bits per heavy atom. The molecule has 98 valence electrons. The van der Waals surface area contributed by atoms with E-state index in [1.807, 2.05) is 0 Å². The van der Waals surface area contributed by atoms with Crippen LogP contribution >= 0.6 is 0 Å². The van der Waals surface area contributed by atoms with Crippen molar-refractivity contribution < 1.29 is 14.3 Å².